The number of H-pyrrole nitrogens is 1. The third-order valence-corrected chi connectivity index (χ3v) is 5.81. The van der Waals surface area contributed by atoms with Crippen molar-refractivity contribution in [1.82, 2.24) is 29.1 Å². The highest BCUT2D eigenvalue weighted by molar-refractivity contribution is 5.86. The van der Waals surface area contributed by atoms with Crippen molar-refractivity contribution in [3.05, 3.63) is 40.6 Å². The largest absolute Gasteiger partial charge is 0.376 e. The molecule has 2 saturated heterocycles. The molecule has 2 fully saturated rings. The van der Waals surface area contributed by atoms with Crippen molar-refractivity contribution in [3.63, 3.8) is 0 Å². The van der Waals surface area contributed by atoms with E-state index in [-0.39, 0.29) is 17.9 Å². The number of aromatic amines is 1. The second-order valence-corrected chi connectivity index (χ2v) is 8.01. The van der Waals surface area contributed by atoms with Gasteiger partial charge in [-0.25, -0.2) is 18.6 Å². The number of hydrogen-bond acceptors (Lipinski definition) is 7. The Kier molecular flexibility index (Phi) is 3.88. The molecule has 3 aromatic heterocycles. The van der Waals surface area contributed by atoms with Crippen LogP contribution in [-0.2, 0) is 11.3 Å². The van der Waals surface area contributed by atoms with Gasteiger partial charge in [0, 0.05) is 6.61 Å². The van der Waals surface area contributed by atoms with Gasteiger partial charge in [0.1, 0.15) is 11.8 Å². The fourth-order valence-electron chi connectivity index (χ4n) is 4.04. The molecule has 5 heterocycles. The van der Waals surface area contributed by atoms with Gasteiger partial charge in [0.15, 0.2) is 11.5 Å². The highest BCUT2D eigenvalue weighted by Gasteiger charge is 2.45. The number of aromatic nitrogens is 6. The van der Waals surface area contributed by atoms with E-state index in [1.54, 1.807) is 22.8 Å². The summed E-state index contributed by atoms with van der Waals surface area (Å²) in [7, 11) is 0. The standard InChI is InChI=1S/C20H16F2N8O2/c21-20(22)8-28(9-20)16-15-17(29(19(31)25-15)7-12-3-4-32-12)27-18(26-16)30-10-24-13-2-1-11(6-23)5-14(13)30/h1-2,5,10,12H,3-4,7-9H2,(H,25,31). The summed E-state index contributed by atoms with van der Waals surface area (Å²) in [4.78, 5) is 30.2. The van der Waals surface area contributed by atoms with Crippen LogP contribution in [0, 0.1) is 11.3 Å². The van der Waals surface area contributed by atoms with Crippen molar-refractivity contribution in [2.24, 2.45) is 0 Å². The van der Waals surface area contributed by atoms with Crippen LogP contribution in [0.5, 0.6) is 0 Å². The van der Waals surface area contributed by atoms with E-state index in [2.05, 4.69) is 26.0 Å². The van der Waals surface area contributed by atoms with Gasteiger partial charge in [0.05, 0.1) is 48.4 Å². The van der Waals surface area contributed by atoms with Gasteiger partial charge in [0.25, 0.3) is 5.92 Å². The predicted molar refractivity (Wildman–Crippen MR) is 109 cm³/mol. The zero-order valence-electron chi connectivity index (χ0n) is 16.6. The van der Waals surface area contributed by atoms with Crippen molar-refractivity contribution < 1.29 is 13.5 Å². The molecular weight excluding hydrogens is 422 g/mol. The number of anilines is 1. The zero-order valence-corrected chi connectivity index (χ0v) is 16.6. The van der Waals surface area contributed by atoms with Gasteiger partial charge >= 0.3 is 5.69 Å². The summed E-state index contributed by atoms with van der Waals surface area (Å²) in [6.07, 6.45) is 2.23. The molecule has 1 aromatic carbocycles. The number of nitrogens with zero attached hydrogens (tertiary/aromatic N) is 7. The van der Waals surface area contributed by atoms with E-state index >= 15 is 0 Å². The zero-order chi connectivity index (χ0) is 22.0. The molecule has 6 rings (SSSR count). The van der Waals surface area contributed by atoms with Crippen LogP contribution in [0.4, 0.5) is 14.6 Å². The minimum absolute atomic E-state index is 0.103. The Labute approximate surface area is 178 Å². The van der Waals surface area contributed by atoms with Crippen LogP contribution in [0.1, 0.15) is 12.0 Å². The second kappa shape index (κ2) is 6.57. The number of ether oxygens (including phenoxy) is 1. The Morgan fingerprint density at radius 2 is 2.12 bits per heavy atom. The Hall–Kier alpha value is -3.85. The topological polar surface area (TPSA) is 118 Å². The van der Waals surface area contributed by atoms with E-state index in [0.29, 0.717) is 40.9 Å². The van der Waals surface area contributed by atoms with Crippen molar-refractivity contribution >= 4 is 28.0 Å². The van der Waals surface area contributed by atoms with Crippen molar-refractivity contribution in [1.29, 1.82) is 5.26 Å². The third-order valence-electron chi connectivity index (χ3n) is 5.81. The summed E-state index contributed by atoms with van der Waals surface area (Å²) in [5.74, 6) is -2.43. The molecular formula is C20H16F2N8O2. The first-order valence-electron chi connectivity index (χ1n) is 10.0. The molecule has 2 aliphatic rings. The Morgan fingerprint density at radius 3 is 2.81 bits per heavy atom. The number of hydrogen-bond donors (Lipinski definition) is 1. The monoisotopic (exact) mass is 438 g/mol. The summed E-state index contributed by atoms with van der Waals surface area (Å²) in [5.41, 5.74) is 1.85. The normalized spacial score (nSPS) is 19.7. The van der Waals surface area contributed by atoms with Crippen LogP contribution in [0.3, 0.4) is 0 Å². The van der Waals surface area contributed by atoms with Crippen LogP contribution in [0.15, 0.2) is 29.3 Å². The van der Waals surface area contributed by atoms with Crippen LogP contribution in [0.25, 0.3) is 28.1 Å². The molecule has 32 heavy (non-hydrogen) atoms. The molecule has 162 valence electrons. The van der Waals surface area contributed by atoms with E-state index in [4.69, 9.17) is 4.74 Å². The van der Waals surface area contributed by atoms with Gasteiger partial charge in [-0.1, -0.05) is 0 Å². The number of benzene rings is 1. The van der Waals surface area contributed by atoms with Crippen molar-refractivity contribution in [2.45, 2.75) is 25.0 Å². The lowest BCUT2D eigenvalue weighted by molar-refractivity contribution is -0.0591. The lowest BCUT2D eigenvalue weighted by Crippen LogP contribution is -2.56. The molecule has 0 amide bonds. The number of fused-ring (bicyclic) bond motifs is 2. The first-order chi connectivity index (χ1) is 15.4. The molecule has 0 radical (unpaired) electrons. The quantitative estimate of drug-likeness (QED) is 0.514. The Balaban J connectivity index is 1.56. The number of rotatable bonds is 4. The molecule has 10 nitrogen and oxygen atoms in total. The lowest BCUT2D eigenvalue weighted by Gasteiger charge is -2.39. The highest BCUT2D eigenvalue weighted by Crippen LogP contribution is 2.34. The molecule has 0 saturated carbocycles. The Bertz CT molecular complexity index is 1470. The first-order valence-corrected chi connectivity index (χ1v) is 10.0. The minimum Gasteiger partial charge on any atom is -0.376 e. The maximum absolute atomic E-state index is 13.6. The molecule has 0 bridgehead atoms. The summed E-state index contributed by atoms with van der Waals surface area (Å²) < 4.78 is 35.7. The van der Waals surface area contributed by atoms with Gasteiger partial charge in [-0.3, -0.25) is 9.13 Å². The van der Waals surface area contributed by atoms with Crippen LogP contribution in [-0.4, -0.2) is 60.8 Å². The molecule has 0 aliphatic carbocycles. The smallest absolute Gasteiger partial charge is 0.327 e. The number of halogens is 2. The fourth-order valence-corrected chi connectivity index (χ4v) is 4.04. The van der Waals surface area contributed by atoms with E-state index in [1.807, 2.05) is 0 Å². The number of alkyl halides is 2. The molecule has 1 unspecified atom stereocenters. The molecule has 2 aliphatic heterocycles. The maximum Gasteiger partial charge on any atom is 0.327 e. The summed E-state index contributed by atoms with van der Waals surface area (Å²) in [6.45, 7) is -0.0615. The number of nitrogens with one attached hydrogen (secondary N) is 1. The average molecular weight is 438 g/mol. The van der Waals surface area contributed by atoms with Crippen LogP contribution < -0.4 is 10.6 Å². The summed E-state index contributed by atoms with van der Waals surface area (Å²) in [6, 6.07) is 7.10. The van der Waals surface area contributed by atoms with E-state index in [1.165, 1.54) is 15.8 Å². The molecule has 12 heteroatoms. The Morgan fingerprint density at radius 1 is 1.31 bits per heavy atom. The minimum atomic E-state index is -2.82. The van der Waals surface area contributed by atoms with Gasteiger partial charge in [-0.15, -0.1) is 0 Å². The highest BCUT2D eigenvalue weighted by atomic mass is 19.3. The molecule has 1 atom stereocenters. The van der Waals surface area contributed by atoms with E-state index < -0.39 is 24.7 Å². The predicted octanol–water partition coefficient (Wildman–Crippen LogP) is 1.57. The number of nitriles is 1. The lowest BCUT2D eigenvalue weighted by atomic mass is 10.1. The molecule has 1 N–H and O–H groups in total. The average Bonchev–Trinajstić information content (AvgIpc) is 3.28. The van der Waals surface area contributed by atoms with Crippen LogP contribution >= 0.6 is 0 Å². The van der Waals surface area contributed by atoms with Gasteiger partial charge in [0.2, 0.25) is 5.95 Å². The third kappa shape index (κ3) is 2.85. The first kappa shape index (κ1) is 18.9. The number of imidazole rings is 2. The van der Waals surface area contributed by atoms with Gasteiger partial charge in [-0.05, 0) is 24.6 Å². The molecule has 4 aromatic rings. The maximum atomic E-state index is 13.6. The van der Waals surface area contributed by atoms with E-state index in [9.17, 15) is 18.8 Å². The summed E-state index contributed by atoms with van der Waals surface area (Å²) >= 11 is 0. The van der Waals surface area contributed by atoms with Crippen LogP contribution in [0.2, 0.25) is 0 Å². The van der Waals surface area contributed by atoms with Crippen molar-refractivity contribution in [3.8, 4) is 12.0 Å². The SMILES string of the molecule is N#Cc1ccc2ncn(-c3nc(N4CC(F)(F)C4)c4[nH]c(=O)n(CC5CCO5)c4n3)c2c1. The summed E-state index contributed by atoms with van der Waals surface area (Å²) in [5, 5.41) is 9.25. The van der Waals surface area contributed by atoms with Gasteiger partial charge < -0.3 is 14.6 Å². The van der Waals surface area contributed by atoms with Crippen molar-refractivity contribution in [2.75, 3.05) is 24.6 Å². The second-order valence-electron chi connectivity index (χ2n) is 8.01. The van der Waals surface area contributed by atoms with Gasteiger partial charge in [-0.2, -0.15) is 15.2 Å². The fraction of sp³-hybridized carbons (Fsp3) is 0.350. The molecule has 0 spiro atoms. The van der Waals surface area contributed by atoms with E-state index in [0.717, 1.165) is 6.42 Å².